The topological polar surface area (TPSA) is 78.8 Å². The van der Waals surface area contributed by atoms with Crippen molar-refractivity contribution in [3.05, 3.63) is 29.8 Å². The number of benzene rings is 1. The standard InChI is InChI=1S/C13H19NO4/c1-18-12-5-3-2-4-10(12)8-14-9-11(15)6-7-13(16)17/h2-5,11,14-15H,6-9H2,1H3,(H,16,17). The van der Waals surface area contributed by atoms with E-state index in [2.05, 4.69) is 5.32 Å². The summed E-state index contributed by atoms with van der Waals surface area (Å²) in [5.41, 5.74) is 1.01. The molecule has 1 rings (SSSR count). The first-order valence-corrected chi connectivity index (χ1v) is 5.86. The molecule has 0 aliphatic rings. The highest BCUT2D eigenvalue weighted by atomic mass is 16.5. The van der Waals surface area contributed by atoms with Gasteiger partial charge in [-0.1, -0.05) is 18.2 Å². The lowest BCUT2D eigenvalue weighted by atomic mass is 10.1. The number of aliphatic carboxylic acids is 1. The number of aliphatic hydroxyl groups excluding tert-OH is 1. The largest absolute Gasteiger partial charge is 0.496 e. The molecule has 1 aromatic rings. The molecule has 3 N–H and O–H groups in total. The highest BCUT2D eigenvalue weighted by Crippen LogP contribution is 2.16. The molecule has 1 unspecified atom stereocenters. The second-order valence-electron chi connectivity index (χ2n) is 4.03. The van der Waals surface area contributed by atoms with Gasteiger partial charge < -0.3 is 20.3 Å². The van der Waals surface area contributed by atoms with Crippen molar-refractivity contribution in [2.75, 3.05) is 13.7 Å². The molecule has 100 valence electrons. The van der Waals surface area contributed by atoms with E-state index in [-0.39, 0.29) is 12.8 Å². The van der Waals surface area contributed by atoms with Gasteiger partial charge in [0.25, 0.3) is 0 Å². The number of aliphatic hydroxyl groups is 1. The van der Waals surface area contributed by atoms with Gasteiger partial charge in [0.15, 0.2) is 0 Å². The molecule has 0 bridgehead atoms. The number of carboxylic acids is 1. The van der Waals surface area contributed by atoms with Gasteiger partial charge in [-0.2, -0.15) is 0 Å². The van der Waals surface area contributed by atoms with Gasteiger partial charge in [-0.3, -0.25) is 4.79 Å². The van der Waals surface area contributed by atoms with Crippen molar-refractivity contribution in [1.82, 2.24) is 5.32 Å². The third-order valence-corrected chi connectivity index (χ3v) is 2.58. The Morgan fingerprint density at radius 2 is 2.17 bits per heavy atom. The Hall–Kier alpha value is -1.59. The predicted octanol–water partition coefficient (Wildman–Crippen LogP) is 1.01. The molecule has 0 spiro atoms. The molecular formula is C13H19NO4. The van der Waals surface area contributed by atoms with E-state index in [0.29, 0.717) is 13.1 Å². The summed E-state index contributed by atoms with van der Waals surface area (Å²) in [4.78, 5) is 10.3. The molecule has 0 saturated heterocycles. The maximum Gasteiger partial charge on any atom is 0.303 e. The molecular weight excluding hydrogens is 234 g/mol. The Labute approximate surface area is 106 Å². The van der Waals surface area contributed by atoms with Crippen LogP contribution >= 0.6 is 0 Å². The molecule has 5 nitrogen and oxygen atoms in total. The SMILES string of the molecule is COc1ccccc1CNCC(O)CCC(=O)O. The van der Waals surface area contributed by atoms with E-state index in [4.69, 9.17) is 9.84 Å². The zero-order valence-electron chi connectivity index (χ0n) is 10.4. The normalized spacial score (nSPS) is 12.1. The Bertz CT molecular complexity index is 381. The van der Waals surface area contributed by atoms with Crippen molar-refractivity contribution in [1.29, 1.82) is 0 Å². The molecule has 0 saturated carbocycles. The highest BCUT2D eigenvalue weighted by Gasteiger charge is 2.07. The number of hydrogen-bond donors (Lipinski definition) is 3. The third kappa shape index (κ3) is 5.16. The van der Waals surface area contributed by atoms with Gasteiger partial charge in [0.2, 0.25) is 0 Å². The van der Waals surface area contributed by atoms with Crippen LogP contribution in [0.3, 0.4) is 0 Å². The Morgan fingerprint density at radius 3 is 2.83 bits per heavy atom. The van der Waals surface area contributed by atoms with Crippen LogP contribution in [0.1, 0.15) is 18.4 Å². The van der Waals surface area contributed by atoms with Gasteiger partial charge in [-0.05, 0) is 12.5 Å². The summed E-state index contributed by atoms with van der Waals surface area (Å²) in [6.07, 6.45) is -0.401. The van der Waals surface area contributed by atoms with Gasteiger partial charge in [-0.15, -0.1) is 0 Å². The summed E-state index contributed by atoms with van der Waals surface area (Å²) in [5.74, 6) is -0.0937. The van der Waals surface area contributed by atoms with Crippen molar-refractivity contribution in [2.45, 2.75) is 25.5 Å². The fraction of sp³-hybridized carbons (Fsp3) is 0.462. The highest BCUT2D eigenvalue weighted by molar-refractivity contribution is 5.66. The van der Waals surface area contributed by atoms with Crippen LogP contribution in [0.4, 0.5) is 0 Å². The molecule has 18 heavy (non-hydrogen) atoms. The number of carboxylic acid groups (broad SMARTS) is 1. The summed E-state index contributed by atoms with van der Waals surface area (Å²) < 4.78 is 5.20. The minimum absolute atomic E-state index is 0.0164. The molecule has 0 aromatic heterocycles. The van der Waals surface area contributed by atoms with E-state index in [0.717, 1.165) is 11.3 Å². The number of hydrogen-bond acceptors (Lipinski definition) is 4. The molecule has 1 atom stereocenters. The molecule has 0 amide bonds. The van der Waals surface area contributed by atoms with Gasteiger partial charge in [-0.25, -0.2) is 0 Å². The van der Waals surface area contributed by atoms with Crippen molar-refractivity contribution in [3.8, 4) is 5.75 Å². The lowest BCUT2D eigenvalue weighted by Gasteiger charge is -2.12. The molecule has 0 heterocycles. The zero-order valence-corrected chi connectivity index (χ0v) is 10.4. The fourth-order valence-electron chi connectivity index (χ4n) is 1.61. The van der Waals surface area contributed by atoms with E-state index >= 15 is 0 Å². The van der Waals surface area contributed by atoms with Crippen LogP contribution in [0.2, 0.25) is 0 Å². The Kier molecular flexibility index (Phi) is 6.18. The molecule has 5 heteroatoms. The maximum atomic E-state index is 10.3. The zero-order chi connectivity index (χ0) is 13.4. The average Bonchev–Trinajstić information content (AvgIpc) is 2.37. The first-order chi connectivity index (χ1) is 8.63. The monoisotopic (exact) mass is 253 g/mol. The molecule has 0 radical (unpaired) electrons. The third-order valence-electron chi connectivity index (χ3n) is 2.58. The first kappa shape index (κ1) is 14.5. The summed E-state index contributed by atoms with van der Waals surface area (Å²) in [5, 5.41) is 21.1. The van der Waals surface area contributed by atoms with Crippen LogP contribution in [0.5, 0.6) is 5.75 Å². The quantitative estimate of drug-likeness (QED) is 0.644. The van der Waals surface area contributed by atoms with Gasteiger partial charge in [0, 0.05) is 25.1 Å². The van der Waals surface area contributed by atoms with Crippen LogP contribution < -0.4 is 10.1 Å². The summed E-state index contributed by atoms with van der Waals surface area (Å²) in [7, 11) is 1.61. The molecule has 0 fully saturated rings. The minimum Gasteiger partial charge on any atom is -0.496 e. The maximum absolute atomic E-state index is 10.3. The number of carbonyl (C=O) groups is 1. The number of para-hydroxylation sites is 1. The summed E-state index contributed by atoms with van der Waals surface area (Å²) in [6.45, 7) is 0.944. The second-order valence-corrected chi connectivity index (χ2v) is 4.03. The fourth-order valence-corrected chi connectivity index (χ4v) is 1.61. The van der Waals surface area contributed by atoms with Gasteiger partial charge >= 0.3 is 5.97 Å². The minimum atomic E-state index is -0.890. The number of nitrogens with one attached hydrogen (secondary N) is 1. The van der Waals surface area contributed by atoms with Crippen molar-refractivity contribution in [2.24, 2.45) is 0 Å². The molecule has 0 aliphatic heterocycles. The van der Waals surface area contributed by atoms with E-state index in [9.17, 15) is 9.90 Å². The van der Waals surface area contributed by atoms with Crippen molar-refractivity contribution in [3.63, 3.8) is 0 Å². The molecule has 1 aromatic carbocycles. The van der Waals surface area contributed by atoms with Gasteiger partial charge in [0.05, 0.1) is 13.2 Å². The smallest absolute Gasteiger partial charge is 0.303 e. The van der Waals surface area contributed by atoms with Crippen molar-refractivity contribution >= 4 is 5.97 Å². The lowest BCUT2D eigenvalue weighted by Crippen LogP contribution is -2.27. The Balaban J connectivity index is 2.30. The number of rotatable bonds is 8. The number of methoxy groups -OCH3 is 1. The summed E-state index contributed by atoms with van der Waals surface area (Å²) >= 11 is 0. The first-order valence-electron chi connectivity index (χ1n) is 5.86. The van der Waals surface area contributed by atoms with Crippen molar-refractivity contribution < 1.29 is 19.7 Å². The van der Waals surface area contributed by atoms with Crippen LogP contribution in [0.25, 0.3) is 0 Å². The van der Waals surface area contributed by atoms with Gasteiger partial charge in [0.1, 0.15) is 5.75 Å². The molecule has 0 aliphatic carbocycles. The predicted molar refractivity (Wildman–Crippen MR) is 67.6 cm³/mol. The van der Waals surface area contributed by atoms with Crippen LogP contribution in [0.15, 0.2) is 24.3 Å². The van der Waals surface area contributed by atoms with E-state index < -0.39 is 12.1 Å². The van der Waals surface area contributed by atoms with E-state index in [1.54, 1.807) is 7.11 Å². The Morgan fingerprint density at radius 1 is 1.44 bits per heavy atom. The van der Waals surface area contributed by atoms with Crippen LogP contribution in [0, 0.1) is 0 Å². The lowest BCUT2D eigenvalue weighted by molar-refractivity contribution is -0.137. The summed E-state index contributed by atoms with van der Waals surface area (Å²) in [6, 6.07) is 7.62. The van der Waals surface area contributed by atoms with Crippen LogP contribution in [-0.4, -0.2) is 35.9 Å². The van der Waals surface area contributed by atoms with E-state index in [1.807, 2.05) is 24.3 Å². The second kappa shape index (κ2) is 7.68. The van der Waals surface area contributed by atoms with Crippen LogP contribution in [-0.2, 0) is 11.3 Å². The average molecular weight is 253 g/mol. The number of ether oxygens (including phenoxy) is 1. The van der Waals surface area contributed by atoms with E-state index in [1.165, 1.54) is 0 Å².